The number of amides is 1. The number of hydrogen-bond acceptors (Lipinski definition) is 6. The maximum Gasteiger partial charge on any atom is 0.269 e. The molecule has 32 heavy (non-hydrogen) atoms. The Morgan fingerprint density at radius 3 is 2.53 bits per heavy atom. The van der Waals surface area contributed by atoms with Crippen molar-refractivity contribution in [3.63, 3.8) is 0 Å². The SMILES string of the molecule is O=C1NC(=Nc2ccc3ccccc3c2)SC1=Cc1ccc(-c2ccc([N+](=O)[O-])cc2)o1. The third kappa shape index (κ3) is 4.03. The summed E-state index contributed by atoms with van der Waals surface area (Å²) in [6, 6.07) is 23.5. The third-order valence-corrected chi connectivity index (χ3v) is 5.79. The Balaban J connectivity index is 1.35. The van der Waals surface area contributed by atoms with Gasteiger partial charge in [-0.3, -0.25) is 14.9 Å². The lowest BCUT2D eigenvalue weighted by Gasteiger charge is -2.00. The van der Waals surface area contributed by atoms with E-state index in [2.05, 4.69) is 10.3 Å². The molecule has 0 spiro atoms. The summed E-state index contributed by atoms with van der Waals surface area (Å²) in [5, 5.41) is 16.3. The molecule has 156 valence electrons. The summed E-state index contributed by atoms with van der Waals surface area (Å²) in [6.45, 7) is 0. The van der Waals surface area contributed by atoms with E-state index < -0.39 is 4.92 Å². The molecule has 1 N–H and O–H groups in total. The van der Waals surface area contributed by atoms with Gasteiger partial charge >= 0.3 is 0 Å². The van der Waals surface area contributed by atoms with E-state index in [1.54, 1.807) is 30.3 Å². The lowest BCUT2D eigenvalue weighted by Crippen LogP contribution is -2.19. The molecule has 5 rings (SSSR count). The highest BCUT2D eigenvalue weighted by Crippen LogP contribution is 2.31. The first kappa shape index (κ1) is 19.8. The van der Waals surface area contributed by atoms with Crippen molar-refractivity contribution in [3.05, 3.63) is 99.6 Å². The van der Waals surface area contributed by atoms with E-state index in [0.717, 1.165) is 16.5 Å². The average Bonchev–Trinajstić information content (AvgIpc) is 3.40. The van der Waals surface area contributed by atoms with E-state index >= 15 is 0 Å². The minimum Gasteiger partial charge on any atom is -0.457 e. The van der Waals surface area contributed by atoms with Crippen LogP contribution in [0.15, 0.2) is 93.2 Å². The van der Waals surface area contributed by atoms with E-state index in [-0.39, 0.29) is 11.6 Å². The van der Waals surface area contributed by atoms with E-state index in [1.165, 1.54) is 23.9 Å². The molecular formula is C24H15N3O4S. The lowest BCUT2D eigenvalue weighted by molar-refractivity contribution is -0.384. The van der Waals surface area contributed by atoms with Crippen LogP contribution in [0.25, 0.3) is 28.2 Å². The molecule has 0 saturated carbocycles. The maximum atomic E-state index is 12.4. The van der Waals surface area contributed by atoms with Crippen LogP contribution in [0.1, 0.15) is 5.76 Å². The van der Waals surface area contributed by atoms with Crippen LogP contribution in [0.5, 0.6) is 0 Å². The fraction of sp³-hybridized carbons (Fsp3) is 0. The summed E-state index contributed by atoms with van der Waals surface area (Å²) in [4.78, 5) is 27.7. The van der Waals surface area contributed by atoms with Crippen molar-refractivity contribution in [2.45, 2.75) is 0 Å². The van der Waals surface area contributed by atoms with Crippen LogP contribution in [0.2, 0.25) is 0 Å². The molecule has 0 aliphatic carbocycles. The molecule has 1 aliphatic rings. The largest absolute Gasteiger partial charge is 0.457 e. The Bertz CT molecular complexity index is 1420. The van der Waals surface area contributed by atoms with Crippen molar-refractivity contribution in [1.29, 1.82) is 0 Å². The standard InChI is InChI=1S/C24H15N3O4S/c28-23-22(14-20-11-12-21(31-20)16-6-9-19(10-7-16)27(29)30)32-24(26-23)25-18-8-5-15-3-1-2-4-17(15)13-18/h1-14H,(H,25,26,28). The van der Waals surface area contributed by atoms with Crippen molar-refractivity contribution in [2.24, 2.45) is 4.99 Å². The number of rotatable bonds is 4. The Morgan fingerprint density at radius 1 is 0.969 bits per heavy atom. The van der Waals surface area contributed by atoms with Crippen molar-refractivity contribution < 1.29 is 14.1 Å². The highest BCUT2D eigenvalue weighted by atomic mass is 32.2. The maximum absolute atomic E-state index is 12.4. The second-order valence-corrected chi connectivity index (χ2v) is 8.05. The first-order valence-corrected chi connectivity index (χ1v) is 10.5. The second-order valence-electron chi connectivity index (χ2n) is 7.02. The molecule has 0 bridgehead atoms. The normalized spacial score (nSPS) is 16.1. The number of non-ortho nitro benzene ring substituents is 1. The number of carbonyl (C=O) groups is 1. The highest BCUT2D eigenvalue weighted by Gasteiger charge is 2.24. The molecule has 7 nitrogen and oxygen atoms in total. The first-order valence-electron chi connectivity index (χ1n) is 9.68. The molecule has 1 aromatic heterocycles. The number of nitrogens with zero attached hydrogens (tertiary/aromatic N) is 2. The van der Waals surface area contributed by atoms with Gasteiger partial charge in [0.2, 0.25) is 0 Å². The van der Waals surface area contributed by atoms with Gasteiger partial charge in [-0.25, -0.2) is 4.99 Å². The van der Waals surface area contributed by atoms with E-state index in [4.69, 9.17) is 4.42 Å². The predicted molar refractivity (Wildman–Crippen MR) is 126 cm³/mol. The number of aliphatic imine (C=N–C) groups is 1. The topological polar surface area (TPSA) is 97.7 Å². The zero-order valence-corrected chi connectivity index (χ0v) is 17.3. The second kappa shape index (κ2) is 8.16. The Morgan fingerprint density at radius 2 is 1.75 bits per heavy atom. The Kier molecular flexibility index (Phi) is 5.04. The highest BCUT2D eigenvalue weighted by molar-refractivity contribution is 8.18. The summed E-state index contributed by atoms with van der Waals surface area (Å²) in [5.41, 5.74) is 1.48. The molecule has 0 radical (unpaired) electrons. The number of carbonyl (C=O) groups excluding carboxylic acids is 1. The number of fused-ring (bicyclic) bond motifs is 1. The van der Waals surface area contributed by atoms with Crippen LogP contribution in [0.4, 0.5) is 11.4 Å². The van der Waals surface area contributed by atoms with Crippen molar-refractivity contribution in [1.82, 2.24) is 5.32 Å². The Hall–Kier alpha value is -4.17. The fourth-order valence-corrected chi connectivity index (χ4v) is 4.13. The zero-order valence-electron chi connectivity index (χ0n) is 16.5. The summed E-state index contributed by atoms with van der Waals surface area (Å²) >= 11 is 1.24. The van der Waals surface area contributed by atoms with E-state index in [1.807, 2.05) is 42.5 Å². The minimum atomic E-state index is -0.450. The predicted octanol–water partition coefficient (Wildman–Crippen LogP) is 5.90. The molecule has 1 fully saturated rings. The van der Waals surface area contributed by atoms with Gasteiger partial charge in [-0.15, -0.1) is 0 Å². The van der Waals surface area contributed by atoms with Crippen LogP contribution < -0.4 is 5.32 Å². The minimum absolute atomic E-state index is 0.0138. The third-order valence-electron chi connectivity index (χ3n) is 4.88. The lowest BCUT2D eigenvalue weighted by atomic mass is 10.1. The molecule has 1 amide bonds. The molecule has 0 atom stereocenters. The van der Waals surface area contributed by atoms with Crippen LogP contribution in [-0.2, 0) is 4.79 Å². The number of benzene rings is 3. The Labute approximate surface area is 186 Å². The van der Waals surface area contributed by atoms with Crippen molar-refractivity contribution >= 4 is 51.1 Å². The number of amidine groups is 1. The zero-order chi connectivity index (χ0) is 22.1. The smallest absolute Gasteiger partial charge is 0.269 e. The summed E-state index contributed by atoms with van der Waals surface area (Å²) in [6.07, 6.45) is 1.65. The van der Waals surface area contributed by atoms with Crippen LogP contribution in [0.3, 0.4) is 0 Å². The molecule has 2 heterocycles. The van der Waals surface area contributed by atoms with Gasteiger partial charge in [-0.1, -0.05) is 30.3 Å². The van der Waals surface area contributed by atoms with Gasteiger partial charge in [0.25, 0.3) is 11.6 Å². The number of hydrogen-bond donors (Lipinski definition) is 1. The number of nitro benzene ring substituents is 1. The van der Waals surface area contributed by atoms with Gasteiger partial charge in [0, 0.05) is 23.8 Å². The van der Waals surface area contributed by atoms with Crippen molar-refractivity contribution in [2.75, 3.05) is 0 Å². The van der Waals surface area contributed by atoms with Crippen LogP contribution in [0, 0.1) is 10.1 Å². The molecule has 0 unspecified atom stereocenters. The first-order chi connectivity index (χ1) is 15.5. The van der Waals surface area contributed by atoms with Gasteiger partial charge in [-0.05, 0) is 58.9 Å². The number of nitrogens with one attached hydrogen (secondary N) is 1. The monoisotopic (exact) mass is 441 g/mol. The number of thioether (sulfide) groups is 1. The van der Waals surface area contributed by atoms with Crippen LogP contribution in [-0.4, -0.2) is 16.0 Å². The van der Waals surface area contributed by atoms with Gasteiger partial charge in [-0.2, -0.15) is 0 Å². The molecular weight excluding hydrogens is 426 g/mol. The summed E-state index contributed by atoms with van der Waals surface area (Å²) < 4.78 is 5.80. The molecule has 3 aromatic carbocycles. The summed E-state index contributed by atoms with van der Waals surface area (Å²) in [7, 11) is 0. The van der Waals surface area contributed by atoms with E-state index in [0.29, 0.717) is 27.2 Å². The summed E-state index contributed by atoms with van der Waals surface area (Å²) in [5.74, 6) is 0.811. The molecule has 1 saturated heterocycles. The number of nitro groups is 1. The van der Waals surface area contributed by atoms with Gasteiger partial charge in [0.15, 0.2) is 5.17 Å². The molecule has 1 aliphatic heterocycles. The van der Waals surface area contributed by atoms with E-state index in [9.17, 15) is 14.9 Å². The fourth-order valence-electron chi connectivity index (χ4n) is 3.31. The molecule has 8 heteroatoms. The number of furan rings is 1. The van der Waals surface area contributed by atoms with Gasteiger partial charge in [0.1, 0.15) is 11.5 Å². The molecule has 4 aromatic rings. The van der Waals surface area contributed by atoms with Gasteiger partial charge < -0.3 is 9.73 Å². The average molecular weight is 441 g/mol. The van der Waals surface area contributed by atoms with Gasteiger partial charge in [0.05, 0.1) is 15.5 Å². The van der Waals surface area contributed by atoms with Crippen molar-refractivity contribution in [3.8, 4) is 11.3 Å². The van der Waals surface area contributed by atoms with Crippen LogP contribution >= 0.6 is 11.8 Å². The quantitative estimate of drug-likeness (QED) is 0.242.